The summed E-state index contributed by atoms with van der Waals surface area (Å²) in [7, 11) is 0. The number of carbonyl (C=O) groups is 1. The fraction of sp³-hybridized carbons (Fsp3) is 0.615. The number of anilines is 1. The van der Waals surface area contributed by atoms with Gasteiger partial charge in [0.2, 0.25) is 0 Å². The predicted molar refractivity (Wildman–Crippen MR) is 121 cm³/mol. The zero-order valence-electron chi connectivity index (χ0n) is 18.6. The van der Waals surface area contributed by atoms with Crippen LogP contribution in [0.5, 0.6) is 0 Å². The van der Waals surface area contributed by atoms with E-state index in [1.807, 2.05) is 0 Å². The molecule has 0 aliphatic heterocycles. The number of fused-ring (bicyclic) bond motifs is 5. The standard InChI is InChI=1S/C26H34N2O3/c1-25-13-11-19(31-24(29)16-3-6-18(27)7-4-16)15-17(25)5-8-20-21-9-10-23(28-30)26(21,2)14-12-22(20)25/h3-7,19-22,30H,8-15,27H2,1-2H3/b28-23+/t19?,20?,21?,22?,25-,26-/m0/s1. The Bertz CT molecular complexity index is 936. The summed E-state index contributed by atoms with van der Waals surface area (Å²) in [5.74, 6) is 1.71. The summed E-state index contributed by atoms with van der Waals surface area (Å²) in [6, 6.07) is 6.95. The number of carbonyl (C=O) groups excluding carboxylic acids is 1. The molecule has 0 aromatic heterocycles. The summed E-state index contributed by atoms with van der Waals surface area (Å²) in [6.07, 6.45) is 10.8. The van der Waals surface area contributed by atoms with Crippen LogP contribution in [0.15, 0.2) is 41.1 Å². The van der Waals surface area contributed by atoms with Gasteiger partial charge in [0.1, 0.15) is 6.10 Å². The van der Waals surface area contributed by atoms with Gasteiger partial charge in [-0.3, -0.25) is 0 Å². The van der Waals surface area contributed by atoms with Gasteiger partial charge in [0.25, 0.3) is 0 Å². The third-order valence-corrected chi connectivity index (χ3v) is 9.34. The monoisotopic (exact) mass is 422 g/mol. The number of rotatable bonds is 2. The van der Waals surface area contributed by atoms with Gasteiger partial charge in [-0.15, -0.1) is 0 Å². The summed E-state index contributed by atoms with van der Waals surface area (Å²) in [5.41, 5.74) is 9.73. The van der Waals surface area contributed by atoms with E-state index in [4.69, 9.17) is 10.5 Å². The Labute approximate surface area is 184 Å². The van der Waals surface area contributed by atoms with E-state index in [1.165, 1.54) is 12.0 Å². The van der Waals surface area contributed by atoms with Crippen LogP contribution in [-0.4, -0.2) is 23.0 Å². The van der Waals surface area contributed by atoms with Crippen LogP contribution in [0, 0.1) is 28.6 Å². The Morgan fingerprint density at radius 3 is 2.55 bits per heavy atom. The van der Waals surface area contributed by atoms with E-state index in [9.17, 15) is 10.0 Å². The number of esters is 1. The molecule has 1 aromatic rings. The summed E-state index contributed by atoms with van der Waals surface area (Å²) in [6.45, 7) is 4.78. The predicted octanol–water partition coefficient (Wildman–Crippen LogP) is 5.59. The van der Waals surface area contributed by atoms with Crippen LogP contribution in [0.4, 0.5) is 5.69 Å². The van der Waals surface area contributed by atoms with Crippen molar-refractivity contribution in [3.8, 4) is 0 Å². The van der Waals surface area contributed by atoms with E-state index < -0.39 is 0 Å². The molecule has 4 unspecified atom stereocenters. The number of ether oxygens (including phenoxy) is 1. The van der Waals surface area contributed by atoms with Crippen LogP contribution in [0.1, 0.15) is 75.6 Å². The highest BCUT2D eigenvalue weighted by molar-refractivity contribution is 5.92. The molecule has 31 heavy (non-hydrogen) atoms. The SMILES string of the molecule is C[C@]12CCC(OC(=O)c3ccc(N)cc3)CC1=CCC1C2CC[C@]2(C)/C(=N/O)CCC12. The Morgan fingerprint density at radius 1 is 1.10 bits per heavy atom. The first-order chi connectivity index (χ1) is 14.8. The van der Waals surface area contributed by atoms with Crippen molar-refractivity contribution in [2.75, 3.05) is 5.73 Å². The minimum absolute atomic E-state index is 0.0469. The fourth-order valence-electron chi connectivity index (χ4n) is 7.52. The number of allylic oxidation sites excluding steroid dienone is 1. The molecule has 5 heteroatoms. The van der Waals surface area contributed by atoms with Gasteiger partial charge in [-0.1, -0.05) is 30.7 Å². The average molecular weight is 423 g/mol. The summed E-state index contributed by atoms with van der Waals surface area (Å²) in [4.78, 5) is 12.6. The third kappa shape index (κ3) is 3.19. The van der Waals surface area contributed by atoms with Gasteiger partial charge in [-0.2, -0.15) is 0 Å². The molecule has 0 saturated heterocycles. The van der Waals surface area contributed by atoms with E-state index in [0.29, 0.717) is 29.0 Å². The Hall–Kier alpha value is -2.30. The quantitative estimate of drug-likeness (QED) is 0.214. The Morgan fingerprint density at radius 2 is 1.81 bits per heavy atom. The van der Waals surface area contributed by atoms with Crippen molar-refractivity contribution in [2.45, 2.75) is 71.3 Å². The molecule has 3 N–H and O–H groups in total. The molecule has 0 spiro atoms. The lowest BCUT2D eigenvalue weighted by Gasteiger charge is -2.57. The van der Waals surface area contributed by atoms with Gasteiger partial charge in [0.05, 0.1) is 11.3 Å². The van der Waals surface area contributed by atoms with Crippen molar-refractivity contribution < 1.29 is 14.7 Å². The van der Waals surface area contributed by atoms with Crippen LogP contribution in [-0.2, 0) is 4.74 Å². The maximum Gasteiger partial charge on any atom is 0.338 e. The van der Waals surface area contributed by atoms with Crippen molar-refractivity contribution in [3.05, 3.63) is 41.5 Å². The van der Waals surface area contributed by atoms with E-state index in [2.05, 4.69) is 25.1 Å². The van der Waals surface area contributed by atoms with Gasteiger partial charge in [0.15, 0.2) is 0 Å². The zero-order valence-corrected chi connectivity index (χ0v) is 18.6. The lowest BCUT2D eigenvalue weighted by Crippen LogP contribution is -2.50. The maximum atomic E-state index is 12.6. The molecule has 3 saturated carbocycles. The third-order valence-electron chi connectivity index (χ3n) is 9.34. The number of nitrogens with two attached hydrogens (primary N) is 1. The van der Waals surface area contributed by atoms with Crippen molar-refractivity contribution in [1.29, 1.82) is 0 Å². The minimum Gasteiger partial charge on any atom is -0.458 e. The molecule has 6 atom stereocenters. The highest BCUT2D eigenvalue weighted by Gasteiger charge is 2.58. The normalized spacial score (nSPS) is 40.5. The molecular formula is C26H34N2O3. The minimum atomic E-state index is -0.252. The summed E-state index contributed by atoms with van der Waals surface area (Å²) < 4.78 is 5.90. The molecule has 0 bridgehead atoms. The lowest BCUT2D eigenvalue weighted by atomic mass is 9.48. The zero-order chi connectivity index (χ0) is 21.8. The molecule has 0 radical (unpaired) electrons. The highest BCUT2D eigenvalue weighted by atomic mass is 16.5. The number of nitrogens with zero attached hydrogens (tertiary/aromatic N) is 1. The lowest BCUT2D eigenvalue weighted by molar-refractivity contribution is -0.0287. The fourth-order valence-corrected chi connectivity index (χ4v) is 7.52. The molecule has 4 aliphatic rings. The van der Waals surface area contributed by atoms with Crippen molar-refractivity contribution in [1.82, 2.24) is 0 Å². The van der Waals surface area contributed by atoms with Crippen LogP contribution in [0.3, 0.4) is 0 Å². The molecule has 0 heterocycles. The first-order valence-electron chi connectivity index (χ1n) is 11.8. The van der Waals surface area contributed by atoms with E-state index in [1.54, 1.807) is 24.3 Å². The molecule has 5 nitrogen and oxygen atoms in total. The summed E-state index contributed by atoms with van der Waals surface area (Å²) >= 11 is 0. The van der Waals surface area contributed by atoms with E-state index in [0.717, 1.165) is 50.7 Å². The molecule has 0 amide bonds. The van der Waals surface area contributed by atoms with Crippen LogP contribution >= 0.6 is 0 Å². The van der Waals surface area contributed by atoms with E-state index >= 15 is 0 Å². The molecule has 4 aliphatic carbocycles. The number of nitrogen functional groups attached to an aromatic ring is 1. The second kappa shape index (κ2) is 7.39. The number of hydrogen-bond acceptors (Lipinski definition) is 5. The van der Waals surface area contributed by atoms with Gasteiger partial charge in [-0.05, 0) is 92.4 Å². The van der Waals surface area contributed by atoms with Gasteiger partial charge in [-0.25, -0.2) is 4.79 Å². The molecule has 3 fully saturated rings. The van der Waals surface area contributed by atoms with Crippen LogP contribution in [0.2, 0.25) is 0 Å². The van der Waals surface area contributed by atoms with Crippen molar-refractivity contribution >= 4 is 17.4 Å². The smallest absolute Gasteiger partial charge is 0.338 e. The van der Waals surface area contributed by atoms with Crippen LogP contribution < -0.4 is 5.73 Å². The first kappa shape index (κ1) is 20.6. The Kier molecular flexibility index (Phi) is 4.91. The van der Waals surface area contributed by atoms with Gasteiger partial charge >= 0.3 is 5.97 Å². The number of benzene rings is 1. The van der Waals surface area contributed by atoms with E-state index in [-0.39, 0.29) is 22.9 Å². The van der Waals surface area contributed by atoms with Gasteiger partial charge in [0, 0.05) is 17.5 Å². The second-order valence-electron chi connectivity index (χ2n) is 10.7. The largest absolute Gasteiger partial charge is 0.458 e. The maximum absolute atomic E-state index is 12.6. The van der Waals surface area contributed by atoms with Crippen molar-refractivity contribution in [2.24, 2.45) is 33.7 Å². The molecule has 166 valence electrons. The highest BCUT2D eigenvalue weighted by Crippen LogP contribution is 2.64. The first-order valence-corrected chi connectivity index (χ1v) is 11.8. The molecule has 1 aromatic carbocycles. The number of hydrogen-bond donors (Lipinski definition) is 2. The molecule has 5 rings (SSSR count). The Balaban J connectivity index is 1.32. The average Bonchev–Trinajstić information content (AvgIpc) is 3.10. The molecular weight excluding hydrogens is 388 g/mol. The number of oxime groups is 1. The topological polar surface area (TPSA) is 84.9 Å². The van der Waals surface area contributed by atoms with Crippen molar-refractivity contribution in [3.63, 3.8) is 0 Å². The van der Waals surface area contributed by atoms with Crippen LogP contribution in [0.25, 0.3) is 0 Å². The second-order valence-corrected chi connectivity index (χ2v) is 10.7. The summed E-state index contributed by atoms with van der Waals surface area (Å²) in [5, 5.41) is 13.2. The van der Waals surface area contributed by atoms with Gasteiger partial charge < -0.3 is 15.7 Å².